The summed E-state index contributed by atoms with van der Waals surface area (Å²) in [7, 11) is -0.699. The second kappa shape index (κ2) is 9.81. The number of anilines is 2. The molecule has 1 aliphatic heterocycles. The molecule has 1 aromatic heterocycles. The van der Waals surface area contributed by atoms with Gasteiger partial charge in [-0.25, -0.2) is 4.79 Å². The second-order valence-electron chi connectivity index (χ2n) is 10.7. The Morgan fingerprint density at radius 2 is 1.58 bits per heavy atom. The number of fused-ring (bicyclic) bond motifs is 3. The lowest BCUT2D eigenvalue weighted by Gasteiger charge is -2.32. The highest BCUT2D eigenvalue weighted by Gasteiger charge is 2.52. The predicted molar refractivity (Wildman–Crippen MR) is 150 cm³/mol. The van der Waals surface area contributed by atoms with Crippen molar-refractivity contribution in [2.45, 2.75) is 44.8 Å². The van der Waals surface area contributed by atoms with Crippen LogP contribution in [0.3, 0.4) is 0 Å². The number of nitrogens with two attached hydrogens (primary N) is 2. The van der Waals surface area contributed by atoms with E-state index in [9.17, 15) is 4.79 Å². The lowest BCUT2D eigenvalue weighted by atomic mass is 9.77. The Morgan fingerprint density at radius 1 is 1.00 bits per heavy atom. The van der Waals surface area contributed by atoms with Crippen LogP contribution < -0.4 is 16.8 Å². The summed E-state index contributed by atoms with van der Waals surface area (Å²) in [6, 6.07) is 16.5. The lowest BCUT2D eigenvalue weighted by molar-refractivity contribution is 0.00578. The van der Waals surface area contributed by atoms with E-state index in [1.807, 2.05) is 52.0 Å². The topological polar surface area (TPSA) is 122 Å². The van der Waals surface area contributed by atoms with Gasteiger partial charge in [0.25, 0.3) is 0 Å². The van der Waals surface area contributed by atoms with Crippen LogP contribution in [0.15, 0.2) is 66.4 Å². The summed E-state index contributed by atoms with van der Waals surface area (Å²) in [6.45, 7) is 8.24. The molecule has 196 valence electrons. The van der Waals surface area contributed by atoms with E-state index in [1.165, 1.54) is 17.3 Å². The highest BCUT2D eigenvalue weighted by atomic mass is 16.7. The molecule has 38 heavy (non-hydrogen) atoms. The number of nitrogens with zero attached hydrogens (tertiary/aromatic N) is 1. The molecule has 0 bridgehead atoms. The number of pyridine rings is 1. The molecule has 0 spiro atoms. The summed E-state index contributed by atoms with van der Waals surface area (Å²) >= 11 is 0. The van der Waals surface area contributed by atoms with Crippen molar-refractivity contribution >= 4 is 30.7 Å². The summed E-state index contributed by atoms with van der Waals surface area (Å²) in [5.74, 6) is -0.0237. The van der Waals surface area contributed by atoms with Crippen LogP contribution in [0.1, 0.15) is 50.3 Å². The molecule has 1 aliphatic carbocycles. The van der Waals surface area contributed by atoms with Crippen LogP contribution in [-0.4, -0.2) is 42.5 Å². The molecular weight excluding hydrogens is 479 g/mol. The summed E-state index contributed by atoms with van der Waals surface area (Å²) < 4.78 is 18.2. The normalized spacial score (nSPS) is 17.7. The Kier molecular flexibility index (Phi) is 6.67. The summed E-state index contributed by atoms with van der Waals surface area (Å²) in [5, 5.41) is 2.86. The molecule has 0 radical (unpaired) electrons. The van der Waals surface area contributed by atoms with Gasteiger partial charge in [0.2, 0.25) is 0 Å². The van der Waals surface area contributed by atoms with E-state index in [2.05, 4.69) is 34.6 Å². The van der Waals surface area contributed by atoms with Crippen LogP contribution in [0, 0.1) is 0 Å². The first-order valence-electron chi connectivity index (χ1n) is 12.7. The Morgan fingerprint density at radius 3 is 2.18 bits per heavy atom. The van der Waals surface area contributed by atoms with E-state index < -0.39 is 24.4 Å². The number of aromatic nitrogens is 1. The molecule has 1 saturated heterocycles. The van der Waals surface area contributed by atoms with Crippen LogP contribution in [-0.2, 0) is 14.0 Å². The first kappa shape index (κ1) is 25.8. The molecule has 3 aromatic rings. The zero-order valence-electron chi connectivity index (χ0n) is 22.2. The Hall–Kier alpha value is -3.82. The fourth-order valence-electron chi connectivity index (χ4n) is 4.84. The number of rotatable bonds is 6. The summed E-state index contributed by atoms with van der Waals surface area (Å²) in [5.41, 5.74) is 17.7. The Labute approximate surface area is 223 Å². The van der Waals surface area contributed by atoms with Crippen LogP contribution in [0.2, 0.25) is 0 Å². The van der Waals surface area contributed by atoms with Crippen LogP contribution >= 0.6 is 0 Å². The highest BCUT2D eigenvalue weighted by Crippen LogP contribution is 2.44. The van der Waals surface area contributed by atoms with Crippen molar-refractivity contribution in [2.24, 2.45) is 0 Å². The van der Waals surface area contributed by atoms with Crippen molar-refractivity contribution in [1.29, 1.82) is 0 Å². The number of benzene rings is 2. The van der Waals surface area contributed by atoms with Gasteiger partial charge in [-0.15, -0.1) is 0 Å². The van der Waals surface area contributed by atoms with Gasteiger partial charge in [0.1, 0.15) is 6.61 Å². The van der Waals surface area contributed by atoms with Crippen LogP contribution in [0.5, 0.6) is 0 Å². The minimum atomic E-state index is -0.699. The molecule has 5 rings (SSSR count). The first-order chi connectivity index (χ1) is 18.1. The monoisotopic (exact) mass is 512 g/mol. The van der Waals surface area contributed by atoms with Crippen LogP contribution in [0.25, 0.3) is 17.2 Å². The highest BCUT2D eigenvalue weighted by molar-refractivity contribution is 6.56. The Balaban J connectivity index is 1.31. The predicted octanol–water partition coefficient (Wildman–Crippen LogP) is 4.80. The fourth-order valence-corrected chi connectivity index (χ4v) is 4.84. The van der Waals surface area contributed by atoms with Gasteiger partial charge in [-0.1, -0.05) is 54.6 Å². The molecule has 0 atom stereocenters. The molecule has 9 heteroatoms. The van der Waals surface area contributed by atoms with E-state index in [0.29, 0.717) is 22.4 Å². The van der Waals surface area contributed by atoms with Gasteiger partial charge in [0.05, 0.1) is 28.8 Å². The maximum absolute atomic E-state index is 12.9. The van der Waals surface area contributed by atoms with Crippen molar-refractivity contribution in [1.82, 2.24) is 10.3 Å². The number of carbonyl (C=O) groups excluding carboxylic acids is 1. The zero-order valence-corrected chi connectivity index (χ0v) is 22.2. The van der Waals surface area contributed by atoms with Crippen molar-refractivity contribution in [2.75, 3.05) is 24.6 Å². The summed E-state index contributed by atoms with van der Waals surface area (Å²) in [4.78, 5) is 17.0. The van der Waals surface area contributed by atoms with Gasteiger partial charge in [-0.05, 0) is 55.4 Å². The largest absolute Gasteiger partial charge is 0.492 e. The van der Waals surface area contributed by atoms with E-state index in [4.69, 9.17) is 25.5 Å². The van der Waals surface area contributed by atoms with Gasteiger partial charge >= 0.3 is 13.2 Å². The Bertz CT molecular complexity index is 1340. The van der Waals surface area contributed by atoms with Crippen LogP contribution in [0.4, 0.5) is 16.2 Å². The average molecular weight is 512 g/mol. The third-order valence-electron chi connectivity index (χ3n) is 7.73. The molecule has 1 amide bonds. The van der Waals surface area contributed by atoms with Gasteiger partial charge in [0, 0.05) is 24.2 Å². The second-order valence-corrected chi connectivity index (χ2v) is 10.7. The number of carbonyl (C=O) groups is 1. The van der Waals surface area contributed by atoms with E-state index in [1.54, 1.807) is 12.3 Å². The lowest BCUT2D eigenvalue weighted by Crippen LogP contribution is -2.41. The third-order valence-corrected chi connectivity index (χ3v) is 7.73. The van der Waals surface area contributed by atoms with Gasteiger partial charge in [-0.2, -0.15) is 0 Å². The summed E-state index contributed by atoms with van der Waals surface area (Å²) in [6.07, 6.45) is 4.37. The van der Waals surface area contributed by atoms with Gasteiger partial charge in [0.15, 0.2) is 0 Å². The van der Waals surface area contributed by atoms with Crippen molar-refractivity contribution in [3.8, 4) is 11.1 Å². The molecule has 8 nitrogen and oxygen atoms in total. The quantitative estimate of drug-likeness (QED) is 0.406. The van der Waals surface area contributed by atoms with E-state index in [-0.39, 0.29) is 19.1 Å². The molecule has 0 unspecified atom stereocenters. The van der Waals surface area contributed by atoms with Gasteiger partial charge in [-0.3, -0.25) is 4.98 Å². The fraction of sp³-hybridized carbons (Fsp3) is 0.310. The molecule has 0 saturated carbocycles. The average Bonchev–Trinajstić information content (AvgIpc) is 3.32. The number of hydrogen-bond donors (Lipinski definition) is 3. The third kappa shape index (κ3) is 4.75. The minimum absolute atomic E-state index is 0.0237. The number of nitrogen functional groups attached to an aromatic ring is 2. The SMILES string of the molecule is CC1(C)OB(C(=Cc2cncc(N)c2N)CNC(=O)OCC2c3ccccc3-c3ccccc32)OC1(C)C. The van der Waals surface area contributed by atoms with Crippen molar-refractivity contribution in [3.63, 3.8) is 0 Å². The van der Waals surface area contributed by atoms with E-state index >= 15 is 0 Å². The van der Waals surface area contributed by atoms with Crippen molar-refractivity contribution in [3.05, 3.63) is 83.1 Å². The maximum Gasteiger partial charge on any atom is 0.492 e. The molecule has 1 fully saturated rings. The zero-order chi connectivity index (χ0) is 27.1. The number of amides is 1. The number of alkyl carbamates (subject to hydrolysis) is 1. The molecule has 2 aromatic carbocycles. The smallest absolute Gasteiger partial charge is 0.449 e. The molecule has 2 aliphatic rings. The molecular formula is C29H33BN4O4. The standard InChI is InChI=1S/C29H33BN4O4/c1-28(2)29(3,4)38-30(37-28)19(13-18-14-33-16-25(31)26(18)32)15-34-27(35)36-17-24-22-11-7-5-9-20(22)21-10-6-8-12-23(21)24/h5-14,16,24H,15,17,31H2,1-4H3,(H2,32,33)(H,34,35). The number of ether oxygens (including phenoxy) is 1. The minimum Gasteiger partial charge on any atom is -0.449 e. The molecule has 2 heterocycles. The molecule has 5 N–H and O–H groups in total. The van der Waals surface area contributed by atoms with E-state index in [0.717, 1.165) is 11.1 Å². The first-order valence-corrected chi connectivity index (χ1v) is 12.7. The van der Waals surface area contributed by atoms with Crippen molar-refractivity contribution < 1.29 is 18.8 Å². The maximum atomic E-state index is 12.9. The number of nitrogens with one attached hydrogen (secondary N) is 1. The van der Waals surface area contributed by atoms with Gasteiger partial charge < -0.3 is 30.8 Å². The number of hydrogen-bond acceptors (Lipinski definition) is 7.